The molecule has 3 amide bonds. The molecule has 3 atom stereocenters. The van der Waals surface area contributed by atoms with E-state index in [0.717, 1.165) is 6.42 Å². The first-order chi connectivity index (χ1) is 12.2. The molecule has 0 radical (unpaired) electrons. The van der Waals surface area contributed by atoms with Crippen LogP contribution in [0.25, 0.3) is 0 Å². The van der Waals surface area contributed by atoms with Crippen LogP contribution in [0.5, 0.6) is 0 Å². The van der Waals surface area contributed by atoms with Crippen molar-refractivity contribution in [2.75, 3.05) is 19.7 Å². The van der Waals surface area contributed by atoms with Crippen molar-refractivity contribution in [2.24, 2.45) is 0 Å². The Kier molecular flexibility index (Phi) is 8.45. The molecule has 0 bridgehead atoms. The molecule has 7 N–H and O–H groups in total. The number of amides is 3. The van der Waals surface area contributed by atoms with Crippen LogP contribution >= 0.6 is 0 Å². The number of nitrogens with one attached hydrogen (secondary N) is 4. The van der Waals surface area contributed by atoms with Gasteiger partial charge in [0.1, 0.15) is 12.1 Å². The second-order valence-corrected chi connectivity index (χ2v) is 5.67. The van der Waals surface area contributed by atoms with E-state index in [4.69, 9.17) is 15.3 Å². The Hall–Kier alpha value is -2.73. The fraction of sp³-hybridized carbons (Fsp3) is 0.643. The average molecular weight is 374 g/mol. The van der Waals surface area contributed by atoms with E-state index in [9.17, 15) is 24.0 Å². The number of aliphatic hydroxyl groups is 1. The molecular formula is C14H22N4O8. The van der Waals surface area contributed by atoms with E-state index in [1.807, 2.05) is 5.32 Å². The molecule has 1 aliphatic rings. The highest BCUT2D eigenvalue weighted by Crippen LogP contribution is 2.05. The number of aliphatic carboxylic acids is 2. The summed E-state index contributed by atoms with van der Waals surface area (Å²) < 4.78 is 0. The maximum Gasteiger partial charge on any atom is 0.328 e. The molecule has 0 aromatic carbocycles. The predicted molar refractivity (Wildman–Crippen MR) is 84.9 cm³/mol. The first-order valence-corrected chi connectivity index (χ1v) is 7.91. The molecule has 1 fully saturated rings. The number of carbonyl (C=O) groups is 5. The molecule has 0 saturated carbocycles. The first-order valence-electron chi connectivity index (χ1n) is 7.91. The van der Waals surface area contributed by atoms with E-state index in [0.29, 0.717) is 13.0 Å². The highest BCUT2D eigenvalue weighted by molar-refractivity contribution is 5.94. The Bertz CT molecular complexity index is 561. The minimum Gasteiger partial charge on any atom is -0.481 e. The van der Waals surface area contributed by atoms with E-state index in [2.05, 4.69) is 16.0 Å². The Labute approximate surface area is 148 Å². The van der Waals surface area contributed by atoms with Crippen molar-refractivity contribution in [3.8, 4) is 0 Å². The van der Waals surface area contributed by atoms with Crippen molar-refractivity contribution < 1.29 is 39.3 Å². The summed E-state index contributed by atoms with van der Waals surface area (Å²) in [5.74, 6) is -5.07. The number of hydrogen-bond donors (Lipinski definition) is 7. The maximum atomic E-state index is 12.1. The highest BCUT2D eigenvalue weighted by atomic mass is 16.4. The van der Waals surface area contributed by atoms with Crippen molar-refractivity contribution in [2.45, 2.75) is 37.4 Å². The van der Waals surface area contributed by atoms with Gasteiger partial charge in [-0.3, -0.25) is 19.2 Å². The molecule has 1 aliphatic heterocycles. The summed E-state index contributed by atoms with van der Waals surface area (Å²) in [5, 5.41) is 35.7. The van der Waals surface area contributed by atoms with E-state index < -0.39 is 67.4 Å². The molecule has 26 heavy (non-hydrogen) atoms. The Balaban J connectivity index is 2.56. The molecule has 0 spiro atoms. The lowest BCUT2D eigenvalue weighted by Gasteiger charge is -2.19. The van der Waals surface area contributed by atoms with Gasteiger partial charge >= 0.3 is 11.9 Å². The molecule has 0 aliphatic carbocycles. The third-order valence-corrected chi connectivity index (χ3v) is 3.63. The fourth-order valence-electron chi connectivity index (χ4n) is 2.29. The largest absolute Gasteiger partial charge is 0.481 e. The van der Waals surface area contributed by atoms with Gasteiger partial charge in [-0.15, -0.1) is 0 Å². The zero-order chi connectivity index (χ0) is 19.7. The van der Waals surface area contributed by atoms with E-state index >= 15 is 0 Å². The standard InChI is InChI=1S/C14H22N4O8/c19-6-9(14(25)26)17-10(20)5-16-12(23)8(4-11(21)22)18-13(24)7-2-1-3-15-7/h7-9,15,19H,1-6H2,(H,16,23)(H,17,20)(H,18,24)(H,21,22)(H,25,26). The third kappa shape index (κ3) is 7.03. The highest BCUT2D eigenvalue weighted by Gasteiger charge is 2.29. The van der Waals surface area contributed by atoms with Crippen LogP contribution in [0, 0.1) is 0 Å². The molecule has 1 heterocycles. The average Bonchev–Trinajstić information content (AvgIpc) is 3.10. The molecule has 1 saturated heterocycles. The lowest BCUT2D eigenvalue weighted by atomic mass is 10.1. The van der Waals surface area contributed by atoms with Crippen molar-refractivity contribution in [1.29, 1.82) is 0 Å². The summed E-state index contributed by atoms with van der Waals surface area (Å²) in [4.78, 5) is 57.3. The van der Waals surface area contributed by atoms with Gasteiger partial charge in [-0.2, -0.15) is 0 Å². The van der Waals surface area contributed by atoms with Crippen molar-refractivity contribution >= 4 is 29.7 Å². The van der Waals surface area contributed by atoms with Crippen LogP contribution in [0.1, 0.15) is 19.3 Å². The molecule has 12 nitrogen and oxygen atoms in total. The Morgan fingerprint density at radius 1 is 1.08 bits per heavy atom. The maximum absolute atomic E-state index is 12.1. The van der Waals surface area contributed by atoms with Gasteiger partial charge in [0, 0.05) is 0 Å². The van der Waals surface area contributed by atoms with Crippen molar-refractivity contribution in [1.82, 2.24) is 21.3 Å². The molecule has 1 rings (SSSR count). The first kappa shape index (κ1) is 21.3. The van der Waals surface area contributed by atoms with E-state index in [1.54, 1.807) is 0 Å². The van der Waals surface area contributed by atoms with Gasteiger partial charge in [0.25, 0.3) is 0 Å². The number of aliphatic hydroxyl groups excluding tert-OH is 1. The van der Waals surface area contributed by atoms with Crippen LogP contribution < -0.4 is 21.3 Å². The van der Waals surface area contributed by atoms with Crippen LogP contribution in [0.4, 0.5) is 0 Å². The SMILES string of the molecule is O=C(O)CC(NC(=O)C1CCCN1)C(=O)NCC(=O)NC(CO)C(=O)O. The Morgan fingerprint density at radius 3 is 2.27 bits per heavy atom. The minimum absolute atomic E-state index is 0.511. The van der Waals surface area contributed by atoms with Gasteiger partial charge < -0.3 is 36.6 Å². The number of carbonyl (C=O) groups excluding carboxylic acids is 3. The normalized spacial score (nSPS) is 18.4. The number of carboxylic acids is 2. The van der Waals surface area contributed by atoms with E-state index in [-0.39, 0.29) is 0 Å². The van der Waals surface area contributed by atoms with Gasteiger partial charge in [-0.05, 0) is 19.4 Å². The van der Waals surface area contributed by atoms with Gasteiger partial charge in [0.2, 0.25) is 17.7 Å². The van der Waals surface area contributed by atoms with Crippen LogP contribution in [-0.2, 0) is 24.0 Å². The zero-order valence-corrected chi connectivity index (χ0v) is 13.9. The summed E-state index contributed by atoms with van der Waals surface area (Å²) in [6, 6.07) is -3.42. The molecule has 12 heteroatoms. The van der Waals surface area contributed by atoms with E-state index in [1.165, 1.54) is 0 Å². The van der Waals surface area contributed by atoms with Crippen molar-refractivity contribution in [3.05, 3.63) is 0 Å². The Morgan fingerprint density at radius 2 is 1.77 bits per heavy atom. The minimum atomic E-state index is -1.53. The van der Waals surface area contributed by atoms with Gasteiger partial charge in [0.05, 0.1) is 25.6 Å². The number of rotatable bonds is 10. The smallest absolute Gasteiger partial charge is 0.328 e. The molecule has 3 unspecified atom stereocenters. The summed E-state index contributed by atoms with van der Waals surface area (Å²) in [6.45, 7) is -0.832. The monoisotopic (exact) mass is 374 g/mol. The number of hydrogen-bond acceptors (Lipinski definition) is 7. The summed E-state index contributed by atoms with van der Waals surface area (Å²) >= 11 is 0. The summed E-state index contributed by atoms with van der Waals surface area (Å²) in [5.41, 5.74) is 0. The van der Waals surface area contributed by atoms with Crippen LogP contribution in [0.3, 0.4) is 0 Å². The molecule has 0 aromatic heterocycles. The fourth-order valence-corrected chi connectivity index (χ4v) is 2.29. The van der Waals surface area contributed by atoms with Gasteiger partial charge in [-0.1, -0.05) is 0 Å². The molecule has 0 aromatic rings. The predicted octanol–water partition coefficient (Wildman–Crippen LogP) is -3.62. The van der Waals surface area contributed by atoms with Crippen LogP contribution in [0.2, 0.25) is 0 Å². The topological polar surface area (TPSA) is 194 Å². The third-order valence-electron chi connectivity index (χ3n) is 3.63. The van der Waals surface area contributed by atoms with Crippen LogP contribution in [0.15, 0.2) is 0 Å². The second kappa shape index (κ2) is 10.3. The second-order valence-electron chi connectivity index (χ2n) is 5.67. The van der Waals surface area contributed by atoms with Gasteiger partial charge in [-0.25, -0.2) is 4.79 Å². The quantitative estimate of drug-likeness (QED) is 0.202. The summed E-state index contributed by atoms with van der Waals surface area (Å²) in [6.07, 6.45) is 0.664. The zero-order valence-electron chi connectivity index (χ0n) is 13.9. The molecular weight excluding hydrogens is 352 g/mol. The number of carboxylic acid groups (broad SMARTS) is 2. The van der Waals surface area contributed by atoms with Crippen LogP contribution in [-0.4, -0.2) is 82.8 Å². The van der Waals surface area contributed by atoms with Gasteiger partial charge in [0.15, 0.2) is 0 Å². The lowest BCUT2D eigenvalue weighted by molar-refractivity contribution is -0.143. The van der Waals surface area contributed by atoms with Crippen molar-refractivity contribution in [3.63, 3.8) is 0 Å². The lowest BCUT2D eigenvalue weighted by Crippen LogP contribution is -2.54. The summed E-state index contributed by atoms with van der Waals surface area (Å²) in [7, 11) is 0. The molecule has 146 valence electrons.